The van der Waals surface area contributed by atoms with Gasteiger partial charge in [-0.05, 0) is 62.3 Å². The average Bonchev–Trinajstić information content (AvgIpc) is 2.69. The molecule has 0 saturated carbocycles. The summed E-state index contributed by atoms with van der Waals surface area (Å²) in [7, 11) is -3.43. The van der Waals surface area contributed by atoms with Crippen molar-refractivity contribution < 1.29 is 8.42 Å². The summed E-state index contributed by atoms with van der Waals surface area (Å²) in [6.07, 6.45) is 4.15. The summed E-state index contributed by atoms with van der Waals surface area (Å²) in [5.41, 5.74) is 8.37. The SMILES string of the molecule is CCC1CCCN(S(=O)(=O)c2cc(C)c(C)c(N)c2)CC1. The van der Waals surface area contributed by atoms with Crippen molar-refractivity contribution in [3.8, 4) is 0 Å². The molecule has 2 rings (SSSR count). The lowest BCUT2D eigenvalue weighted by molar-refractivity contribution is 0.407. The largest absolute Gasteiger partial charge is 0.398 e. The average molecular weight is 310 g/mol. The quantitative estimate of drug-likeness (QED) is 0.873. The molecule has 1 aliphatic rings. The Bertz CT molecular complexity index is 588. The van der Waals surface area contributed by atoms with E-state index in [4.69, 9.17) is 5.73 Å². The van der Waals surface area contributed by atoms with Crippen molar-refractivity contribution in [2.45, 2.75) is 51.3 Å². The van der Waals surface area contributed by atoms with Crippen LogP contribution in [0.2, 0.25) is 0 Å². The van der Waals surface area contributed by atoms with Crippen LogP contribution in [-0.4, -0.2) is 25.8 Å². The van der Waals surface area contributed by atoms with Gasteiger partial charge in [0.15, 0.2) is 0 Å². The Morgan fingerprint density at radius 1 is 1.24 bits per heavy atom. The van der Waals surface area contributed by atoms with Gasteiger partial charge in [0.25, 0.3) is 0 Å². The summed E-state index contributed by atoms with van der Waals surface area (Å²) < 4.78 is 27.3. The van der Waals surface area contributed by atoms with Crippen molar-refractivity contribution in [1.82, 2.24) is 4.31 Å². The number of anilines is 1. The predicted molar refractivity (Wildman–Crippen MR) is 86.7 cm³/mol. The fourth-order valence-electron chi connectivity index (χ4n) is 2.94. The first-order valence-corrected chi connectivity index (χ1v) is 9.17. The van der Waals surface area contributed by atoms with E-state index < -0.39 is 10.0 Å². The minimum atomic E-state index is -3.43. The molecular weight excluding hydrogens is 284 g/mol. The third kappa shape index (κ3) is 3.40. The Morgan fingerprint density at radius 3 is 2.57 bits per heavy atom. The van der Waals surface area contributed by atoms with Gasteiger partial charge in [-0.25, -0.2) is 8.42 Å². The first-order chi connectivity index (χ1) is 9.86. The van der Waals surface area contributed by atoms with Gasteiger partial charge < -0.3 is 5.73 Å². The molecular formula is C16H26N2O2S. The van der Waals surface area contributed by atoms with E-state index in [9.17, 15) is 8.42 Å². The topological polar surface area (TPSA) is 63.4 Å². The molecule has 4 nitrogen and oxygen atoms in total. The van der Waals surface area contributed by atoms with E-state index in [2.05, 4.69) is 6.92 Å². The molecule has 5 heteroatoms. The number of sulfonamides is 1. The Hall–Kier alpha value is -1.07. The first-order valence-electron chi connectivity index (χ1n) is 7.73. The number of nitrogens with zero attached hydrogens (tertiary/aromatic N) is 1. The number of benzene rings is 1. The monoisotopic (exact) mass is 310 g/mol. The predicted octanol–water partition coefficient (Wildman–Crippen LogP) is 3.09. The molecule has 1 unspecified atom stereocenters. The van der Waals surface area contributed by atoms with Gasteiger partial charge in [-0.3, -0.25) is 0 Å². The Morgan fingerprint density at radius 2 is 1.95 bits per heavy atom. The Kier molecular flexibility index (Phi) is 4.94. The summed E-state index contributed by atoms with van der Waals surface area (Å²) in [5.74, 6) is 0.648. The van der Waals surface area contributed by atoms with Crippen molar-refractivity contribution in [1.29, 1.82) is 0 Å². The van der Waals surface area contributed by atoms with E-state index in [1.54, 1.807) is 16.4 Å². The number of rotatable bonds is 3. The number of aryl methyl sites for hydroxylation is 1. The zero-order valence-corrected chi connectivity index (χ0v) is 14.0. The summed E-state index contributed by atoms with van der Waals surface area (Å²) in [4.78, 5) is 0.332. The second kappa shape index (κ2) is 6.36. The summed E-state index contributed by atoms with van der Waals surface area (Å²) >= 11 is 0. The zero-order valence-electron chi connectivity index (χ0n) is 13.2. The van der Waals surface area contributed by atoms with E-state index in [0.717, 1.165) is 36.8 Å². The van der Waals surface area contributed by atoms with Crippen LogP contribution in [0.5, 0.6) is 0 Å². The summed E-state index contributed by atoms with van der Waals surface area (Å²) in [5, 5.41) is 0. The fourth-order valence-corrected chi connectivity index (χ4v) is 4.55. The second-order valence-corrected chi connectivity index (χ2v) is 8.00. The van der Waals surface area contributed by atoms with Crippen LogP contribution in [0.3, 0.4) is 0 Å². The van der Waals surface area contributed by atoms with Crippen LogP contribution in [0.4, 0.5) is 5.69 Å². The maximum atomic E-state index is 12.8. The Labute approximate surface area is 128 Å². The number of hydrogen-bond donors (Lipinski definition) is 1. The molecule has 1 aromatic carbocycles. The van der Waals surface area contributed by atoms with Crippen molar-refractivity contribution in [3.63, 3.8) is 0 Å². The third-order valence-corrected chi connectivity index (χ3v) is 6.58. The lowest BCUT2D eigenvalue weighted by atomic mass is 9.98. The highest BCUT2D eigenvalue weighted by Gasteiger charge is 2.27. The van der Waals surface area contributed by atoms with Gasteiger partial charge >= 0.3 is 0 Å². The van der Waals surface area contributed by atoms with E-state index in [-0.39, 0.29) is 0 Å². The summed E-state index contributed by atoms with van der Waals surface area (Å²) in [6.45, 7) is 7.23. The first kappa shape index (κ1) is 16.3. The minimum absolute atomic E-state index is 0.332. The molecule has 21 heavy (non-hydrogen) atoms. The van der Waals surface area contributed by atoms with Gasteiger partial charge in [-0.1, -0.05) is 13.3 Å². The Balaban J connectivity index is 2.29. The molecule has 1 aromatic rings. The smallest absolute Gasteiger partial charge is 0.243 e. The zero-order chi connectivity index (χ0) is 15.6. The van der Waals surface area contributed by atoms with Gasteiger partial charge in [0.1, 0.15) is 0 Å². The van der Waals surface area contributed by atoms with Crippen LogP contribution < -0.4 is 5.73 Å². The van der Waals surface area contributed by atoms with Gasteiger partial charge in [0, 0.05) is 18.8 Å². The van der Waals surface area contributed by atoms with E-state index in [0.29, 0.717) is 29.6 Å². The van der Waals surface area contributed by atoms with Crippen LogP contribution in [0, 0.1) is 19.8 Å². The van der Waals surface area contributed by atoms with Gasteiger partial charge in [-0.15, -0.1) is 0 Å². The van der Waals surface area contributed by atoms with E-state index in [1.165, 1.54) is 0 Å². The third-order valence-electron chi connectivity index (χ3n) is 4.70. The molecule has 1 aliphatic heterocycles. The highest BCUT2D eigenvalue weighted by atomic mass is 32.2. The molecule has 0 spiro atoms. The standard InChI is InChI=1S/C16H26N2O2S/c1-4-14-6-5-8-18(9-7-14)21(19,20)15-10-12(2)13(3)16(17)11-15/h10-11,14H,4-9,17H2,1-3H3. The second-order valence-electron chi connectivity index (χ2n) is 6.06. The highest BCUT2D eigenvalue weighted by molar-refractivity contribution is 7.89. The van der Waals surface area contributed by atoms with E-state index in [1.807, 2.05) is 13.8 Å². The number of hydrogen-bond acceptors (Lipinski definition) is 3. The van der Waals surface area contributed by atoms with Crippen LogP contribution in [0.25, 0.3) is 0 Å². The molecule has 0 aliphatic carbocycles. The van der Waals surface area contributed by atoms with Crippen molar-refractivity contribution in [2.75, 3.05) is 18.8 Å². The van der Waals surface area contributed by atoms with E-state index >= 15 is 0 Å². The van der Waals surface area contributed by atoms with Gasteiger partial charge in [-0.2, -0.15) is 4.31 Å². The molecule has 1 saturated heterocycles. The lowest BCUT2D eigenvalue weighted by Gasteiger charge is -2.21. The van der Waals surface area contributed by atoms with Crippen LogP contribution in [0.15, 0.2) is 17.0 Å². The molecule has 0 aromatic heterocycles. The van der Waals surface area contributed by atoms with Crippen LogP contribution >= 0.6 is 0 Å². The maximum Gasteiger partial charge on any atom is 0.243 e. The van der Waals surface area contributed by atoms with Gasteiger partial charge in [0.05, 0.1) is 4.90 Å². The molecule has 118 valence electrons. The molecule has 0 amide bonds. The highest BCUT2D eigenvalue weighted by Crippen LogP contribution is 2.27. The molecule has 2 N–H and O–H groups in total. The fraction of sp³-hybridized carbons (Fsp3) is 0.625. The lowest BCUT2D eigenvalue weighted by Crippen LogP contribution is -2.32. The van der Waals surface area contributed by atoms with Gasteiger partial charge in [0.2, 0.25) is 10.0 Å². The van der Waals surface area contributed by atoms with Crippen molar-refractivity contribution >= 4 is 15.7 Å². The number of nitrogens with two attached hydrogens (primary N) is 1. The minimum Gasteiger partial charge on any atom is -0.398 e. The molecule has 1 atom stereocenters. The molecule has 1 fully saturated rings. The maximum absolute atomic E-state index is 12.8. The van der Waals surface area contributed by atoms with Crippen molar-refractivity contribution in [3.05, 3.63) is 23.3 Å². The number of nitrogen functional groups attached to an aromatic ring is 1. The molecule has 0 bridgehead atoms. The summed E-state index contributed by atoms with van der Waals surface area (Å²) in [6, 6.07) is 3.34. The normalized spacial score (nSPS) is 21.2. The van der Waals surface area contributed by atoms with Crippen molar-refractivity contribution in [2.24, 2.45) is 5.92 Å². The molecule has 0 radical (unpaired) electrons. The van der Waals surface area contributed by atoms with Crippen LogP contribution in [0.1, 0.15) is 43.7 Å². The van der Waals surface area contributed by atoms with Crippen LogP contribution in [-0.2, 0) is 10.0 Å². The molecule has 1 heterocycles.